The lowest BCUT2D eigenvalue weighted by atomic mass is 9.77. The van der Waals surface area contributed by atoms with Crippen LogP contribution in [0.15, 0.2) is 73.1 Å². The van der Waals surface area contributed by atoms with Crippen LogP contribution in [0.3, 0.4) is 0 Å². The minimum absolute atomic E-state index is 0.194. The molecule has 0 saturated heterocycles. The molecular formula is C23H20ClN3. The number of H-pyrrole nitrogens is 1. The van der Waals surface area contributed by atoms with Crippen LogP contribution in [0.25, 0.3) is 10.9 Å². The Morgan fingerprint density at radius 1 is 1.00 bits per heavy atom. The number of hydrogen-bond acceptors (Lipinski definition) is 2. The third kappa shape index (κ3) is 2.50. The van der Waals surface area contributed by atoms with Crippen molar-refractivity contribution < 1.29 is 0 Å². The highest BCUT2D eigenvalue weighted by Crippen LogP contribution is 2.45. The highest BCUT2D eigenvalue weighted by Gasteiger charge is 2.40. The van der Waals surface area contributed by atoms with E-state index < -0.39 is 0 Å². The molecule has 0 fully saturated rings. The monoisotopic (exact) mass is 373 g/mol. The van der Waals surface area contributed by atoms with Gasteiger partial charge in [0.1, 0.15) is 0 Å². The number of aromatic amines is 1. The van der Waals surface area contributed by atoms with Crippen LogP contribution in [0, 0.1) is 0 Å². The zero-order valence-electron chi connectivity index (χ0n) is 15.0. The largest absolute Gasteiger partial charge is 0.356 e. The van der Waals surface area contributed by atoms with Crippen molar-refractivity contribution in [1.29, 1.82) is 0 Å². The lowest BCUT2D eigenvalue weighted by Crippen LogP contribution is -2.47. The van der Waals surface area contributed by atoms with E-state index in [4.69, 9.17) is 11.6 Å². The quantitative estimate of drug-likeness (QED) is 0.506. The molecule has 0 spiro atoms. The lowest BCUT2D eigenvalue weighted by molar-refractivity contribution is 0.390. The van der Waals surface area contributed by atoms with Crippen molar-refractivity contribution in [3.05, 3.63) is 100 Å². The van der Waals surface area contributed by atoms with Gasteiger partial charge in [0.05, 0.1) is 5.54 Å². The number of halogens is 1. The first-order valence-corrected chi connectivity index (χ1v) is 9.57. The Morgan fingerprint density at radius 2 is 1.74 bits per heavy atom. The van der Waals surface area contributed by atoms with Gasteiger partial charge in [-0.25, -0.2) is 0 Å². The van der Waals surface area contributed by atoms with Crippen LogP contribution >= 0.6 is 11.6 Å². The first-order valence-electron chi connectivity index (χ1n) is 9.19. The number of nitrogens with one attached hydrogen (secondary N) is 2. The van der Waals surface area contributed by atoms with Crippen LogP contribution < -0.4 is 5.32 Å². The summed E-state index contributed by atoms with van der Waals surface area (Å²) >= 11 is 6.58. The molecule has 2 aromatic carbocycles. The fourth-order valence-corrected chi connectivity index (χ4v) is 4.64. The Kier molecular flexibility index (Phi) is 3.81. The highest BCUT2D eigenvalue weighted by molar-refractivity contribution is 6.31. The third-order valence-corrected chi connectivity index (χ3v) is 6.14. The van der Waals surface area contributed by atoms with E-state index in [2.05, 4.69) is 70.7 Å². The summed E-state index contributed by atoms with van der Waals surface area (Å²) in [6.07, 6.45) is 3.70. The molecule has 1 aliphatic rings. The molecule has 2 atom stereocenters. The Morgan fingerprint density at radius 3 is 2.56 bits per heavy atom. The van der Waals surface area contributed by atoms with E-state index in [-0.39, 0.29) is 11.5 Å². The molecule has 3 nitrogen and oxygen atoms in total. The molecule has 1 aliphatic heterocycles. The summed E-state index contributed by atoms with van der Waals surface area (Å²) in [5, 5.41) is 5.86. The summed E-state index contributed by atoms with van der Waals surface area (Å²) < 4.78 is 0. The maximum absolute atomic E-state index is 6.58. The number of benzene rings is 2. The number of nitrogens with zero attached hydrogens (tertiary/aromatic N) is 1. The van der Waals surface area contributed by atoms with Crippen LogP contribution in [0.5, 0.6) is 0 Å². The molecule has 2 aromatic heterocycles. The van der Waals surface area contributed by atoms with Crippen molar-refractivity contribution in [3.63, 3.8) is 0 Å². The average Bonchev–Trinajstić information content (AvgIpc) is 3.11. The number of hydrogen-bond donors (Lipinski definition) is 2. The van der Waals surface area contributed by atoms with Crippen LogP contribution in [0.4, 0.5) is 0 Å². The van der Waals surface area contributed by atoms with Crippen molar-refractivity contribution in [1.82, 2.24) is 15.3 Å². The predicted octanol–water partition coefficient (Wildman–Crippen LogP) is 5.21. The molecule has 134 valence electrons. The fraction of sp³-hybridized carbons (Fsp3) is 0.174. The van der Waals surface area contributed by atoms with Gasteiger partial charge in [-0.3, -0.25) is 4.98 Å². The summed E-state index contributed by atoms with van der Waals surface area (Å²) in [4.78, 5) is 7.89. The Balaban J connectivity index is 1.79. The van der Waals surface area contributed by atoms with E-state index in [1.165, 1.54) is 22.2 Å². The predicted molar refractivity (Wildman–Crippen MR) is 110 cm³/mol. The molecule has 0 bridgehead atoms. The van der Waals surface area contributed by atoms with Crippen molar-refractivity contribution in [3.8, 4) is 0 Å². The number of para-hydroxylation sites is 1. The Hall–Kier alpha value is -2.62. The fourth-order valence-electron chi connectivity index (χ4n) is 4.37. The van der Waals surface area contributed by atoms with Gasteiger partial charge in [-0.05, 0) is 47.9 Å². The van der Waals surface area contributed by atoms with E-state index in [1.54, 1.807) is 0 Å². The zero-order valence-corrected chi connectivity index (χ0v) is 15.8. The van der Waals surface area contributed by atoms with Gasteiger partial charge in [-0.15, -0.1) is 0 Å². The van der Waals surface area contributed by atoms with E-state index in [9.17, 15) is 0 Å². The molecule has 0 aliphatic carbocycles. The second kappa shape index (κ2) is 6.22. The maximum Gasteiger partial charge on any atom is 0.0817 e. The molecule has 0 amide bonds. The van der Waals surface area contributed by atoms with Gasteiger partial charge < -0.3 is 10.3 Å². The van der Waals surface area contributed by atoms with Gasteiger partial charge in [-0.2, -0.15) is 0 Å². The Bertz CT molecular complexity index is 1120. The van der Waals surface area contributed by atoms with Gasteiger partial charge in [-0.1, -0.05) is 48.0 Å². The zero-order chi connectivity index (χ0) is 18.4. The normalized spacial score (nSPS) is 21.9. The molecule has 5 rings (SSSR count). The first-order chi connectivity index (χ1) is 13.2. The highest BCUT2D eigenvalue weighted by atomic mass is 35.5. The molecule has 27 heavy (non-hydrogen) atoms. The Labute approximate surface area is 163 Å². The molecule has 4 aromatic rings. The second-order valence-corrected chi connectivity index (χ2v) is 7.68. The van der Waals surface area contributed by atoms with E-state index >= 15 is 0 Å². The van der Waals surface area contributed by atoms with Crippen LogP contribution in [0.1, 0.15) is 35.2 Å². The summed E-state index contributed by atoms with van der Waals surface area (Å²) in [7, 11) is 0. The van der Waals surface area contributed by atoms with Crippen LogP contribution in [-0.4, -0.2) is 16.5 Å². The molecule has 0 radical (unpaired) electrons. The number of aromatic nitrogens is 2. The minimum Gasteiger partial charge on any atom is -0.356 e. The second-order valence-electron chi connectivity index (χ2n) is 7.28. The smallest absolute Gasteiger partial charge is 0.0817 e. The molecule has 3 heterocycles. The van der Waals surface area contributed by atoms with Crippen molar-refractivity contribution >= 4 is 22.5 Å². The van der Waals surface area contributed by atoms with E-state index in [0.717, 1.165) is 22.6 Å². The molecule has 0 saturated carbocycles. The summed E-state index contributed by atoms with van der Waals surface area (Å²) in [5.74, 6) is 0.194. The third-order valence-electron chi connectivity index (χ3n) is 5.79. The minimum atomic E-state index is -0.310. The number of rotatable bonds is 2. The molecule has 2 N–H and O–H groups in total. The topological polar surface area (TPSA) is 40.7 Å². The number of fused-ring (bicyclic) bond motifs is 3. The lowest BCUT2D eigenvalue weighted by Gasteiger charge is -2.39. The standard InChI is InChI=1S/C23H20ClN3/c1-23(15-10-12-25-13-11-15)22-21(17-7-3-5-9-20(17)27-22)18(14-26-23)16-6-2-4-8-19(16)24/h2-13,18,26-27H,14H2,1H3/t18-,23-/m1/s1. The summed E-state index contributed by atoms with van der Waals surface area (Å²) in [5.41, 5.74) is 5.73. The van der Waals surface area contributed by atoms with E-state index in [1.807, 2.05) is 24.5 Å². The molecular weight excluding hydrogens is 354 g/mol. The molecule has 0 unspecified atom stereocenters. The van der Waals surface area contributed by atoms with Crippen molar-refractivity contribution in [2.45, 2.75) is 18.4 Å². The van der Waals surface area contributed by atoms with Crippen LogP contribution in [0.2, 0.25) is 5.02 Å². The van der Waals surface area contributed by atoms with Gasteiger partial charge in [0.25, 0.3) is 0 Å². The van der Waals surface area contributed by atoms with Gasteiger partial charge in [0, 0.05) is 46.5 Å². The van der Waals surface area contributed by atoms with Gasteiger partial charge in [0.15, 0.2) is 0 Å². The van der Waals surface area contributed by atoms with Gasteiger partial charge >= 0.3 is 0 Å². The summed E-state index contributed by atoms with van der Waals surface area (Å²) in [6.45, 7) is 3.05. The first kappa shape index (κ1) is 16.5. The molecule has 4 heteroatoms. The van der Waals surface area contributed by atoms with E-state index in [0.29, 0.717) is 0 Å². The van der Waals surface area contributed by atoms with Crippen LogP contribution in [-0.2, 0) is 5.54 Å². The average molecular weight is 374 g/mol. The maximum atomic E-state index is 6.58. The summed E-state index contributed by atoms with van der Waals surface area (Å²) in [6, 6.07) is 20.8. The van der Waals surface area contributed by atoms with Crippen molar-refractivity contribution in [2.24, 2.45) is 0 Å². The van der Waals surface area contributed by atoms with Crippen molar-refractivity contribution in [2.75, 3.05) is 6.54 Å². The van der Waals surface area contributed by atoms with Gasteiger partial charge in [0.2, 0.25) is 0 Å². The SMILES string of the molecule is C[C@]1(c2ccncc2)NC[C@H](c2ccccc2Cl)c2c1[nH]c1ccccc21. The number of pyridine rings is 1.